The van der Waals surface area contributed by atoms with Gasteiger partial charge in [-0.1, -0.05) is 109 Å². The van der Waals surface area contributed by atoms with Crippen molar-refractivity contribution in [1.82, 2.24) is 41.6 Å². The minimum atomic E-state index is -4.08. The van der Waals surface area contributed by atoms with E-state index in [1.807, 2.05) is 48.9 Å². The van der Waals surface area contributed by atoms with Gasteiger partial charge in [-0.15, -0.1) is 5.10 Å². The third-order valence-corrected chi connectivity index (χ3v) is 26.3. The molecule has 32 nitrogen and oxygen atoms in total. The van der Waals surface area contributed by atoms with E-state index in [4.69, 9.17) is 44.4 Å². The first-order valence-corrected chi connectivity index (χ1v) is 44.8. The van der Waals surface area contributed by atoms with E-state index in [1.54, 1.807) is 44.2 Å². The molecule has 8 amide bonds. The lowest BCUT2D eigenvalue weighted by Gasteiger charge is -2.56. The molecular formula is C88H129N11O21S. The van der Waals surface area contributed by atoms with Crippen LogP contribution in [0.1, 0.15) is 227 Å². The molecule has 4 aromatic rings. The summed E-state index contributed by atoms with van der Waals surface area (Å²) < 4.78 is 66.1. The Hall–Kier alpha value is -8.67. The molecular weight excluding hydrogens is 1580 g/mol. The van der Waals surface area contributed by atoms with Gasteiger partial charge in [0.05, 0.1) is 100 Å². The number of aliphatic hydroxyl groups is 1. The average molecular weight is 1710 g/mol. The number of nitrogens with one attached hydrogen (secondary N) is 6. The highest BCUT2D eigenvalue weighted by molar-refractivity contribution is 7.85. The summed E-state index contributed by atoms with van der Waals surface area (Å²) in [6.45, 7) is 14.3. The van der Waals surface area contributed by atoms with E-state index in [0.29, 0.717) is 114 Å². The molecule has 5 aliphatic carbocycles. The molecule has 121 heavy (non-hydrogen) atoms. The number of phenols is 1. The number of aliphatic hydroxyl groups excluding tert-OH is 1. The molecule has 33 heteroatoms. The fourth-order valence-electron chi connectivity index (χ4n) is 18.8. The van der Waals surface area contributed by atoms with E-state index in [1.165, 1.54) is 5.56 Å². The Bertz CT molecular complexity index is 4320. The van der Waals surface area contributed by atoms with Gasteiger partial charge in [-0.05, 0) is 195 Å². The zero-order valence-corrected chi connectivity index (χ0v) is 72.1. The van der Waals surface area contributed by atoms with E-state index in [-0.39, 0.29) is 131 Å². The number of ether oxygens (including phenoxy) is 6. The lowest BCUT2D eigenvalue weighted by atomic mass is 9.49. The van der Waals surface area contributed by atoms with Crippen LogP contribution in [0.15, 0.2) is 60.7 Å². The molecule has 13 N–H and O–H groups in total. The van der Waals surface area contributed by atoms with Gasteiger partial charge in [0, 0.05) is 50.4 Å². The molecule has 0 aliphatic heterocycles. The van der Waals surface area contributed by atoms with Gasteiger partial charge in [0.15, 0.2) is 11.6 Å². The van der Waals surface area contributed by atoms with E-state index in [9.17, 15) is 66.6 Å². The predicted octanol–water partition coefficient (Wildman–Crippen LogP) is 8.03. The average Bonchev–Trinajstić information content (AvgIpc) is 1.11. The summed E-state index contributed by atoms with van der Waals surface area (Å²) in [4.78, 5) is 135. The van der Waals surface area contributed by atoms with Crippen molar-refractivity contribution in [2.45, 2.75) is 250 Å². The zero-order chi connectivity index (χ0) is 87.5. The summed E-state index contributed by atoms with van der Waals surface area (Å²) in [6, 6.07) is 13.9. The summed E-state index contributed by atoms with van der Waals surface area (Å²) in [5.41, 5.74) is 16.9. The second-order valence-electron chi connectivity index (χ2n) is 34.6. The van der Waals surface area contributed by atoms with Gasteiger partial charge in [-0.3, -0.25) is 48.2 Å². The fourth-order valence-corrected chi connectivity index (χ4v) is 19.3. The number of nitrogens with zero attached hydrogens (tertiary/aromatic N) is 3. The highest BCUT2D eigenvalue weighted by Crippen LogP contribution is 2.60. The maximum Gasteiger partial charge on any atom is 0.408 e. The Morgan fingerprint density at radius 2 is 1.26 bits per heavy atom. The van der Waals surface area contributed by atoms with Crippen LogP contribution in [0.2, 0.25) is 0 Å². The van der Waals surface area contributed by atoms with Gasteiger partial charge < -0.3 is 76.7 Å². The van der Waals surface area contributed by atoms with Crippen LogP contribution in [0.3, 0.4) is 0 Å². The number of rotatable bonds is 48. The van der Waals surface area contributed by atoms with Gasteiger partial charge in [-0.25, -0.2) is 14.3 Å². The van der Waals surface area contributed by atoms with Crippen molar-refractivity contribution in [3.05, 3.63) is 105 Å². The number of aromatic hydroxyl groups is 1. The number of amides is 8. The van der Waals surface area contributed by atoms with Gasteiger partial charge in [0.2, 0.25) is 29.5 Å². The molecule has 11 atom stereocenters. The second-order valence-corrected chi connectivity index (χ2v) is 36.2. The first kappa shape index (κ1) is 96.2. The maximum atomic E-state index is 14.8. The van der Waals surface area contributed by atoms with Crippen molar-refractivity contribution in [1.29, 1.82) is 0 Å². The number of fused-ring (bicyclic) bond motifs is 7. The zero-order valence-electron chi connectivity index (χ0n) is 71.3. The first-order chi connectivity index (χ1) is 57.7. The Kier molecular flexibility index (Phi) is 36.3. The van der Waals surface area contributed by atoms with Gasteiger partial charge >= 0.3 is 12.1 Å². The molecule has 1 aromatic heterocycles. The van der Waals surface area contributed by atoms with Crippen LogP contribution in [-0.4, -0.2) is 200 Å². The molecule has 1 heterocycles. The third kappa shape index (κ3) is 27.2. The molecule has 2 fully saturated rings. The number of unbranched alkanes of at least 4 members (excludes halogenated alkanes) is 1. The number of urea groups is 1. The minimum Gasteiger partial charge on any atom is -0.508 e. The fraction of sp³-hybridized carbons (Fsp3) is 0.659. The number of imide groups is 1. The molecule has 0 radical (unpaired) electrons. The Labute approximate surface area is 710 Å². The monoisotopic (exact) mass is 1710 g/mol. The second kappa shape index (κ2) is 45.6. The number of phenolic OH excluding ortho intramolecular Hbond substituents is 1. The number of hydrogen-bond acceptors (Lipinski definition) is 23. The van der Waals surface area contributed by atoms with Crippen molar-refractivity contribution in [2.24, 2.45) is 46.0 Å². The van der Waals surface area contributed by atoms with Crippen molar-refractivity contribution in [2.75, 3.05) is 90.2 Å². The number of anilines is 1. The molecule has 0 saturated heterocycles. The number of alkyl carbamates (subject to hydrolysis) is 1. The number of Topliss-reactive ketones (excluding diaryl/α,β-unsaturated/α-hetero) is 3. The minimum absolute atomic E-state index is 0.0172. The Balaban J connectivity index is 0.664. The Morgan fingerprint density at radius 3 is 1.88 bits per heavy atom. The third-order valence-electron chi connectivity index (χ3n) is 25.5. The van der Waals surface area contributed by atoms with Crippen molar-refractivity contribution >= 4 is 74.8 Å². The van der Waals surface area contributed by atoms with Crippen molar-refractivity contribution in [3.63, 3.8) is 0 Å². The highest BCUT2D eigenvalue weighted by Gasteiger charge is 2.59. The molecule has 668 valence electrons. The lowest BCUT2D eigenvalue weighted by molar-refractivity contribution is -0.150. The van der Waals surface area contributed by atoms with E-state index in [2.05, 4.69) is 56.1 Å². The van der Waals surface area contributed by atoms with Crippen molar-refractivity contribution < 1.29 is 99.6 Å². The summed E-state index contributed by atoms with van der Waals surface area (Å²) in [7, 11) is -4.08. The number of primary amides is 1. The Morgan fingerprint density at radius 1 is 0.645 bits per heavy atom. The molecule has 3 aromatic carbocycles. The topological polar surface area (TPSA) is 476 Å². The van der Waals surface area contributed by atoms with E-state index in [0.717, 1.165) is 93.0 Å². The molecule has 0 spiro atoms. The number of hydrogen-bond donors (Lipinski definition) is 11. The summed E-state index contributed by atoms with van der Waals surface area (Å²) in [5.74, 6) is -4.52. The summed E-state index contributed by atoms with van der Waals surface area (Å²) >= 11 is 0. The summed E-state index contributed by atoms with van der Waals surface area (Å²) in [5, 5.41) is 46.4. The molecule has 1 unspecified atom stereocenters. The molecule has 9 rings (SSSR count). The van der Waals surface area contributed by atoms with Crippen LogP contribution >= 0.6 is 0 Å². The quantitative estimate of drug-likeness (QED) is 0.0113. The standard InChI is InChI=1S/C88H129N11O21S/c1-57(2)77(95-80(107)68(89)18-10-11-38-91-76(105)56-119-73-20-9-7-8-19-70-78(73)97-98-99(70)40-42-116-44-46-118-48-47-117-45-43-115-41-33-64(101)17-13-49-121(112,113)114)72(104)52-62(16-12-39-92-83(90)110)79(106)93-63-28-22-58(23-29-63)55-120-84(111)94-69(54-100)71(103)51-59-21-24-60-26-31-74-85(3,66(60)50-59)34-14-36-87(74,5)81(108)96-82(109)88(6)37-15-35-86(4)67-53-65(102)30-25-61(67)27-32-75(86)88/h21-25,28-30,50,53,57,62,68-69,73-75,77,100,102H,7-20,26-27,31-49,51-52,54-56,89H2,1-6H3,(H,91,105)(H,93,106)(H,94,111)(H,95,107)(H3,90,92,110)(H,96,108,109)(H,112,113,114)/t62-,68-,69+,73?,74-,75-,77+,85-,86-,87+,88+/m1/s1. The number of aryl methyl sites for hydroxylation is 2. The first-order valence-electron chi connectivity index (χ1n) is 43.2. The predicted molar refractivity (Wildman–Crippen MR) is 449 cm³/mol. The van der Waals surface area contributed by atoms with Crippen LogP contribution in [0, 0.1) is 34.5 Å². The van der Waals surface area contributed by atoms with Gasteiger partial charge in [-0.2, -0.15) is 8.42 Å². The van der Waals surface area contributed by atoms with Crippen LogP contribution in [-0.2, 0) is 127 Å². The number of nitrogens with two attached hydrogens (primary N) is 2. The summed E-state index contributed by atoms with van der Waals surface area (Å²) in [6.07, 6.45) is 12.0. The highest BCUT2D eigenvalue weighted by atomic mass is 32.2. The number of benzene rings is 3. The van der Waals surface area contributed by atoms with E-state index >= 15 is 0 Å². The number of carbonyl (C=O) groups is 10. The smallest absolute Gasteiger partial charge is 0.408 e. The van der Waals surface area contributed by atoms with Crippen LogP contribution in [0.5, 0.6) is 5.75 Å². The molecule has 5 aliphatic rings. The number of aromatic nitrogens is 3. The van der Waals surface area contributed by atoms with Gasteiger partial charge in [0.25, 0.3) is 10.1 Å². The van der Waals surface area contributed by atoms with Crippen molar-refractivity contribution in [3.8, 4) is 5.75 Å². The molecule has 2 saturated carbocycles. The van der Waals surface area contributed by atoms with Gasteiger partial charge in [0.1, 0.15) is 42.6 Å². The van der Waals surface area contributed by atoms with Crippen LogP contribution in [0.4, 0.5) is 15.3 Å². The van der Waals surface area contributed by atoms with E-state index < -0.39 is 110 Å². The normalized spacial score (nSPS) is 22.2. The number of carbonyl (C=O) groups excluding carboxylic acids is 10. The SMILES string of the molecule is CC(C)[C@H](NC(=O)[C@H](N)CCCCNC(=O)COC1CCCCCc2c1nnn2CCOCCOCCOCCOCCC(=O)CCCS(=O)(=O)O)C(=O)C[C@@H](CCCNC(N)=O)C(=O)Nc1ccc(COC(=O)N[C@@H](CO)C(=O)Cc2ccc3c(c2)[C@@]2(C)CCC[C@](C)(C(=O)NC(=O)[C@@]4(C)CCC[C@]5(C)c6cc(O)ccc6CC[C@@H]45)[C@@H]2CC3)cc1. The molecule has 0 bridgehead atoms. The van der Waals surface area contributed by atoms with Crippen LogP contribution in [0.25, 0.3) is 0 Å². The number of ketones is 3. The van der Waals surface area contributed by atoms with Crippen LogP contribution < -0.4 is 43.4 Å². The largest absolute Gasteiger partial charge is 0.508 e. The lowest BCUT2D eigenvalue weighted by Crippen LogP contribution is -2.60. The maximum absolute atomic E-state index is 14.8.